The molecular formula is C21H22F2N4O3. The van der Waals surface area contributed by atoms with Crippen LogP contribution < -0.4 is 15.8 Å². The van der Waals surface area contributed by atoms with Gasteiger partial charge in [-0.25, -0.2) is 4.99 Å². The number of guanidine groups is 1. The second-order valence-corrected chi connectivity index (χ2v) is 6.78. The van der Waals surface area contributed by atoms with Crippen molar-refractivity contribution < 1.29 is 23.1 Å². The van der Waals surface area contributed by atoms with E-state index < -0.39 is 18.1 Å². The highest BCUT2D eigenvalue weighted by Gasteiger charge is 2.49. The Kier molecular flexibility index (Phi) is 6.00. The monoisotopic (exact) mass is 416 g/mol. The fourth-order valence-electron chi connectivity index (χ4n) is 3.29. The molecule has 2 aromatic carbocycles. The smallest absolute Gasteiger partial charge is 0.387 e. The molecule has 0 radical (unpaired) electrons. The molecule has 0 aromatic heterocycles. The number of nitrogens with two attached hydrogens (primary N) is 1. The fourth-order valence-corrected chi connectivity index (χ4v) is 3.29. The lowest BCUT2D eigenvalue weighted by atomic mass is 9.82. The van der Waals surface area contributed by atoms with Gasteiger partial charge < -0.3 is 15.8 Å². The molecule has 1 aliphatic rings. The molecule has 7 nitrogen and oxygen atoms in total. The van der Waals surface area contributed by atoms with E-state index in [1.807, 2.05) is 6.92 Å². The second kappa shape index (κ2) is 8.48. The van der Waals surface area contributed by atoms with Crippen molar-refractivity contribution in [3.8, 4) is 5.75 Å². The average molecular weight is 416 g/mol. The molecule has 0 saturated heterocycles. The van der Waals surface area contributed by atoms with Crippen LogP contribution in [-0.2, 0) is 10.3 Å². The maximum absolute atomic E-state index is 13.2. The third-order valence-electron chi connectivity index (χ3n) is 4.82. The molecule has 158 valence electrons. The highest BCUT2D eigenvalue weighted by atomic mass is 19.3. The molecule has 0 fully saturated rings. The van der Waals surface area contributed by atoms with E-state index in [0.717, 1.165) is 6.42 Å². The van der Waals surface area contributed by atoms with Crippen molar-refractivity contribution in [1.29, 1.82) is 0 Å². The quantitative estimate of drug-likeness (QED) is 0.725. The summed E-state index contributed by atoms with van der Waals surface area (Å²) in [7, 11) is 1.50. The van der Waals surface area contributed by atoms with Gasteiger partial charge in [0.05, 0.1) is 0 Å². The number of likely N-dealkylation sites (N-methyl/N-ethyl adjacent to an activating group) is 1. The Morgan fingerprint density at radius 1 is 1.23 bits per heavy atom. The molecular weight excluding hydrogens is 394 g/mol. The first-order chi connectivity index (χ1) is 14.3. The normalized spacial score (nSPS) is 18.5. The number of hydrogen-bond donors (Lipinski definition) is 2. The van der Waals surface area contributed by atoms with Crippen molar-refractivity contribution >= 4 is 17.8 Å². The molecule has 2 aromatic rings. The Morgan fingerprint density at radius 2 is 1.93 bits per heavy atom. The van der Waals surface area contributed by atoms with Crippen molar-refractivity contribution in [1.82, 2.24) is 10.2 Å². The Labute approximate surface area is 172 Å². The van der Waals surface area contributed by atoms with Gasteiger partial charge >= 0.3 is 6.61 Å². The van der Waals surface area contributed by atoms with Gasteiger partial charge in [-0.3, -0.25) is 14.5 Å². The Bertz CT molecular complexity index is 978. The van der Waals surface area contributed by atoms with E-state index in [1.54, 1.807) is 24.3 Å². The van der Waals surface area contributed by atoms with E-state index in [0.29, 0.717) is 23.2 Å². The first kappa shape index (κ1) is 21.2. The van der Waals surface area contributed by atoms with E-state index in [1.165, 1.54) is 36.2 Å². The van der Waals surface area contributed by atoms with Crippen molar-refractivity contribution in [3.05, 3.63) is 65.2 Å². The second-order valence-electron chi connectivity index (χ2n) is 6.78. The molecule has 0 bridgehead atoms. The summed E-state index contributed by atoms with van der Waals surface area (Å²) in [4.78, 5) is 31.3. The zero-order valence-electron chi connectivity index (χ0n) is 16.6. The summed E-state index contributed by atoms with van der Waals surface area (Å²) >= 11 is 0. The molecule has 1 unspecified atom stereocenters. The number of carbonyl (C=O) groups excluding carboxylic acids is 2. The van der Waals surface area contributed by atoms with Crippen LogP contribution in [0.3, 0.4) is 0 Å². The van der Waals surface area contributed by atoms with Crippen molar-refractivity contribution in [2.45, 2.75) is 25.5 Å². The van der Waals surface area contributed by atoms with E-state index in [9.17, 15) is 18.4 Å². The minimum absolute atomic E-state index is 0.00810. The Morgan fingerprint density at radius 3 is 2.50 bits per heavy atom. The van der Waals surface area contributed by atoms with Gasteiger partial charge in [0.25, 0.3) is 11.8 Å². The molecule has 3 N–H and O–H groups in total. The molecule has 3 rings (SSSR count). The van der Waals surface area contributed by atoms with Gasteiger partial charge in [-0.05, 0) is 41.8 Å². The first-order valence-electron chi connectivity index (χ1n) is 9.37. The van der Waals surface area contributed by atoms with Crippen molar-refractivity contribution in [2.24, 2.45) is 10.7 Å². The molecule has 9 heteroatoms. The van der Waals surface area contributed by atoms with Gasteiger partial charge in [-0.1, -0.05) is 31.2 Å². The topological polar surface area (TPSA) is 97.0 Å². The summed E-state index contributed by atoms with van der Waals surface area (Å²) in [5.74, 6) is -0.736. The lowest BCUT2D eigenvalue weighted by Crippen LogP contribution is -2.41. The maximum Gasteiger partial charge on any atom is 0.387 e. The van der Waals surface area contributed by atoms with Crippen molar-refractivity contribution in [3.63, 3.8) is 0 Å². The van der Waals surface area contributed by atoms with Gasteiger partial charge in [-0.2, -0.15) is 8.78 Å². The third kappa shape index (κ3) is 3.83. The average Bonchev–Trinajstić information content (AvgIpc) is 2.97. The van der Waals surface area contributed by atoms with Crippen LogP contribution in [0.5, 0.6) is 5.75 Å². The van der Waals surface area contributed by atoms with Gasteiger partial charge in [0.2, 0.25) is 0 Å². The predicted molar refractivity (Wildman–Crippen MR) is 107 cm³/mol. The van der Waals surface area contributed by atoms with Crippen LogP contribution in [0.4, 0.5) is 8.78 Å². The zero-order chi connectivity index (χ0) is 21.9. The summed E-state index contributed by atoms with van der Waals surface area (Å²) in [6.07, 6.45) is 0.784. The van der Waals surface area contributed by atoms with E-state index in [4.69, 9.17) is 5.73 Å². The predicted octanol–water partition coefficient (Wildman–Crippen LogP) is 2.46. The third-order valence-corrected chi connectivity index (χ3v) is 4.82. The molecule has 0 aliphatic carbocycles. The van der Waals surface area contributed by atoms with Crippen LogP contribution in [0.2, 0.25) is 0 Å². The minimum Gasteiger partial charge on any atom is -0.435 e. The summed E-state index contributed by atoms with van der Waals surface area (Å²) < 4.78 is 29.3. The lowest BCUT2D eigenvalue weighted by Gasteiger charge is -2.26. The SMILES string of the molecule is CCCNC(=O)c1cccc(C2(c3ccc(OC(F)F)cc3)N=C(N)N(C)C2=O)c1. The summed E-state index contributed by atoms with van der Waals surface area (Å²) in [5, 5.41) is 2.79. The van der Waals surface area contributed by atoms with Gasteiger partial charge in [0.1, 0.15) is 5.75 Å². The summed E-state index contributed by atoms with van der Waals surface area (Å²) in [6.45, 7) is -0.500. The number of nitrogens with one attached hydrogen (secondary N) is 1. The van der Waals surface area contributed by atoms with Crippen LogP contribution >= 0.6 is 0 Å². The molecule has 0 saturated carbocycles. The number of halogens is 2. The van der Waals surface area contributed by atoms with Crippen molar-refractivity contribution in [2.75, 3.05) is 13.6 Å². The number of rotatable bonds is 7. The van der Waals surface area contributed by atoms with Crippen LogP contribution in [-0.4, -0.2) is 42.9 Å². The van der Waals surface area contributed by atoms with Gasteiger partial charge in [0.15, 0.2) is 11.5 Å². The highest BCUT2D eigenvalue weighted by molar-refractivity contribution is 6.09. The van der Waals surface area contributed by atoms with Crippen LogP contribution in [0, 0.1) is 0 Å². The number of amides is 2. The largest absolute Gasteiger partial charge is 0.435 e. The maximum atomic E-state index is 13.2. The minimum atomic E-state index is -2.96. The van der Waals surface area contributed by atoms with Crippen LogP contribution in [0.1, 0.15) is 34.8 Å². The molecule has 1 heterocycles. The van der Waals surface area contributed by atoms with E-state index >= 15 is 0 Å². The van der Waals surface area contributed by atoms with E-state index in [2.05, 4.69) is 15.0 Å². The van der Waals surface area contributed by atoms with Crippen LogP contribution in [0.25, 0.3) is 0 Å². The van der Waals surface area contributed by atoms with Crippen LogP contribution in [0.15, 0.2) is 53.5 Å². The van der Waals surface area contributed by atoms with Gasteiger partial charge in [0, 0.05) is 19.2 Å². The number of carbonyl (C=O) groups is 2. The summed E-state index contributed by atoms with van der Waals surface area (Å²) in [6, 6.07) is 12.2. The lowest BCUT2D eigenvalue weighted by molar-refractivity contribution is -0.129. The summed E-state index contributed by atoms with van der Waals surface area (Å²) in [5.41, 5.74) is 5.61. The molecule has 1 aliphatic heterocycles. The van der Waals surface area contributed by atoms with Gasteiger partial charge in [-0.15, -0.1) is 0 Å². The Balaban J connectivity index is 2.09. The first-order valence-corrected chi connectivity index (χ1v) is 9.37. The highest BCUT2D eigenvalue weighted by Crippen LogP contribution is 2.40. The Hall–Kier alpha value is -3.49. The standard InChI is InChI=1S/C21H22F2N4O3/c1-3-11-25-17(28)13-5-4-6-15(12-13)21(18(29)27(2)20(24)26-21)14-7-9-16(10-8-14)30-19(22)23/h4-10,12,19H,3,11H2,1-2H3,(H2,24,26)(H,25,28). The molecule has 30 heavy (non-hydrogen) atoms. The number of hydrogen-bond acceptors (Lipinski definition) is 5. The molecule has 2 amide bonds. The fraction of sp³-hybridized carbons (Fsp3) is 0.286. The number of alkyl halides is 2. The number of ether oxygens (including phenoxy) is 1. The zero-order valence-corrected chi connectivity index (χ0v) is 16.6. The molecule has 1 atom stereocenters. The van der Waals surface area contributed by atoms with E-state index in [-0.39, 0.29) is 17.6 Å². The number of benzene rings is 2. The number of nitrogens with zero attached hydrogens (tertiary/aromatic N) is 2. The number of aliphatic imine (C=N–C) groups is 1. The molecule has 0 spiro atoms.